The van der Waals surface area contributed by atoms with Crippen LogP contribution in [0, 0.1) is 23.1 Å². The van der Waals surface area contributed by atoms with Gasteiger partial charge >= 0.3 is 0 Å². The van der Waals surface area contributed by atoms with Gasteiger partial charge in [-0.3, -0.25) is 4.79 Å². The van der Waals surface area contributed by atoms with Gasteiger partial charge < -0.3 is 10.1 Å². The van der Waals surface area contributed by atoms with E-state index in [1.54, 1.807) is 6.07 Å². The molecule has 122 valence electrons. The molecule has 0 saturated heterocycles. The van der Waals surface area contributed by atoms with E-state index in [1.807, 2.05) is 6.07 Å². The van der Waals surface area contributed by atoms with Crippen molar-refractivity contribution < 1.29 is 13.9 Å². The molecule has 5 heteroatoms. The topological polar surface area (TPSA) is 62.1 Å². The molecule has 0 heterocycles. The monoisotopic (exact) mass is 316 g/mol. The van der Waals surface area contributed by atoms with Crippen molar-refractivity contribution in [1.29, 1.82) is 5.26 Å². The van der Waals surface area contributed by atoms with Gasteiger partial charge in [0, 0.05) is 6.04 Å². The van der Waals surface area contributed by atoms with E-state index in [4.69, 9.17) is 4.74 Å². The number of nitrogens with zero attached hydrogens (tertiary/aromatic N) is 1. The number of nitrogens with one attached hydrogen (secondary N) is 1. The Bertz CT molecular complexity index is 649. The number of ether oxygens (including phenoxy) is 1. The number of carbonyl (C=O) groups excluding carboxylic acids is 1. The average molecular weight is 316 g/mol. The molecule has 0 bridgehead atoms. The Balaban J connectivity index is 2.13. The molecule has 1 aromatic rings. The summed E-state index contributed by atoms with van der Waals surface area (Å²) in [5, 5.41) is 12.2. The molecular weight excluding hydrogens is 295 g/mol. The molecular formula is C18H21FN2O2. The summed E-state index contributed by atoms with van der Waals surface area (Å²) in [5.74, 6) is -0.394. The fraction of sp³-hybridized carbons (Fsp3) is 0.444. The van der Waals surface area contributed by atoms with E-state index in [1.165, 1.54) is 31.7 Å². The Kier molecular flexibility index (Phi) is 5.75. The standard InChI is InChI=1S/C18H21FN2O2/c1-12-5-3-4-6-16(12)21-18(22)14(11-20)9-13-7-8-17(23-2)15(19)10-13/h7-10,12,16H,3-6H2,1-2H3,(H,21,22)/b14-9+/t12-,16+/m1/s1. The lowest BCUT2D eigenvalue weighted by Gasteiger charge is -2.29. The van der Waals surface area contributed by atoms with Crippen LogP contribution in [0.1, 0.15) is 38.2 Å². The lowest BCUT2D eigenvalue weighted by Crippen LogP contribution is -2.41. The summed E-state index contributed by atoms with van der Waals surface area (Å²) in [4.78, 5) is 12.3. The van der Waals surface area contributed by atoms with Crippen molar-refractivity contribution in [2.75, 3.05) is 7.11 Å². The predicted octanol–water partition coefficient (Wildman–Crippen LogP) is 3.44. The molecule has 4 nitrogen and oxygen atoms in total. The first kappa shape index (κ1) is 17.0. The quantitative estimate of drug-likeness (QED) is 0.684. The van der Waals surface area contributed by atoms with Gasteiger partial charge in [-0.05, 0) is 42.5 Å². The molecule has 1 fully saturated rings. The number of rotatable bonds is 4. The van der Waals surface area contributed by atoms with Gasteiger partial charge in [-0.1, -0.05) is 25.8 Å². The molecule has 1 aromatic carbocycles. The zero-order valence-corrected chi connectivity index (χ0v) is 13.4. The summed E-state index contributed by atoms with van der Waals surface area (Å²) in [7, 11) is 1.38. The van der Waals surface area contributed by atoms with E-state index >= 15 is 0 Å². The number of nitriles is 1. The Morgan fingerprint density at radius 2 is 2.17 bits per heavy atom. The first-order chi connectivity index (χ1) is 11.0. The molecule has 1 amide bonds. The third-order valence-electron chi connectivity index (χ3n) is 4.28. The van der Waals surface area contributed by atoms with Crippen LogP contribution < -0.4 is 10.1 Å². The van der Waals surface area contributed by atoms with Crippen LogP contribution in [0.15, 0.2) is 23.8 Å². The van der Waals surface area contributed by atoms with Gasteiger partial charge in [-0.25, -0.2) is 4.39 Å². The number of halogens is 1. The van der Waals surface area contributed by atoms with Gasteiger partial charge in [0.1, 0.15) is 11.6 Å². The maximum absolute atomic E-state index is 13.7. The minimum absolute atomic E-state index is 0.0210. The number of benzene rings is 1. The summed E-state index contributed by atoms with van der Waals surface area (Å²) < 4.78 is 18.5. The van der Waals surface area contributed by atoms with Crippen molar-refractivity contribution in [3.05, 3.63) is 35.2 Å². The van der Waals surface area contributed by atoms with E-state index in [0.29, 0.717) is 11.5 Å². The number of hydrogen-bond acceptors (Lipinski definition) is 3. The van der Waals surface area contributed by atoms with Crippen LogP contribution in [-0.4, -0.2) is 19.1 Å². The molecule has 0 aromatic heterocycles. The average Bonchev–Trinajstić information content (AvgIpc) is 2.54. The molecule has 2 atom stereocenters. The Hall–Kier alpha value is -2.35. The van der Waals surface area contributed by atoms with Crippen LogP contribution in [0.3, 0.4) is 0 Å². The molecule has 0 aliphatic heterocycles. The Morgan fingerprint density at radius 1 is 1.43 bits per heavy atom. The fourth-order valence-electron chi connectivity index (χ4n) is 2.86. The first-order valence-electron chi connectivity index (χ1n) is 7.81. The van der Waals surface area contributed by atoms with Crippen LogP contribution in [0.25, 0.3) is 6.08 Å². The molecule has 0 radical (unpaired) electrons. The van der Waals surface area contributed by atoms with Crippen LogP contribution >= 0.6 is 0 Å². The van der Waals surface area contributed by atoms with Crippen molar-refractivity contribution in [3.63, 3.8) is 0 Å². The molecule has 1 aliphatic rings. The summed E-state index contributed by atoms with van der Waals surface area (Å²) in [6, 6.07) is 6.32. The first-order valence-corrected chi connectivity index (χ1v) is 7.81. The van der Waals surface area contributed by atoms with E-state index in [9.17, 15) is 14.4 Å². The summed E-state index contributed by atoms with van der Waals surface area (Å²) in [6.07, 6.45) is 5.68. The van der Waals surface area contributed by atoms with Gasteiger partial charge in [0.2, 0.25) is 0 Å². The third kappa shape index (κ3) is 4.32. The second kappa shape index (κ2) is 7.77. The smallest absolute Gasteiger partial charge is 0.262 e. The highest BCUT2D eigenvalue weighted by Gasteiger charge is 2.24. The van der Waals surface area contributed by atoms with Crippen LogP contribution in [-0.2, 0) is 4.79 Å². The molecule has 1 aliphatic carbocycles. The fourth-order valence-corrected chi connectivity index (χ4v) is 2.86. The van der Waals surface area contributed by atoms with Crippen molar-refractivity contribution in [1.82, 2.24) is 5.32 Å². The van der Waals surface area contributed by atoms with Crippen molar-refractivity contribution >= 4 is 12.0 Å². The molecule has 1 N–H and O–H groups in total. The molecule has 2 rings (SSSR count). The van der Waals surface area contributed by atoms with Crippen molar-refractivity contribution in [2.45, 2.75) is 38.6 Å². The lowest BCUT2D eigenvalue weighted by molar-refractivity contribution is -0.118. The zero-order chi connectivity index (χ0) is 16.8. The van der Waals surface area contributed by atoms with E-state index < -0.39 is 11.7 Å². The summed E-state index contributed by atoms with van der Waals surface area (Å²) >= 11 is 0. The van der Waals surface area contributed by atoms with Gasteiger partial charge in [0.15, 0.2) is 11.6 Å². The van der Waals surface area contributed by atoms with Crippen LogP contribution in [0.4, 0.5) is 4.39 Å². The maximum atomic E-state index is 13.7. The van der Waals surface area contributed by atoms with E-state index in [2.05, 4.69) is 12.2 Å². The zero-order valence-electron chi connectivity index (χ0n) is 13.4. The Morgan fingerprint density at radius 3 is 2.78 bits per heavy atom. The third-order valence-corrected chi connectivity index (χ3v) is 4.28. The molecule has 0 spiro atoms. The summed E-state index contributed by atoms with van der Waals surface area (Å²) in [5.41, 5.74) is 0.430. The van der Waals surface area contributed by atoms with Crippen LogP contribution in [0.5, 0.6) is 5.75 Å². The van der Waals surface area contributed by atoms with Crippen molar-refractivity contribution in [2.24, 2.45) is 5.92 Å². The minimum atomic E-state index is -0.528. The predicted molar refractivity (Wildman–Crippen MR) is 86.1 cm³/mol. The molecule has 1 saturated carbocycles. The van der Waals surface area contributed by atoms with E-state index in [-0.39, 0.29) is 17.4 Å². The summed E-state index contributed by atoms with van der Waals surface area (Å²) in [6.45, 7) is 2.11. The largest absolute Gasteiger partial charge is 0.494 e. The van der Waals surface area contributed by atoms with Gasteiger partial charge in [-0.15, -0.1) is 0 Å². The molecule has 0 unspecified atom stereocenters. The van der Waals surface area contributed by atoms with Crippen LogP contribution in [0.2, 0.25) is 0 Å². The number of carbonyl (C=O) groups is 1. The highest BCUT2D eigenvalue weighted by molar-refractivity contribution is 6.01. The van der Waals surface area contributed by atoms with Gasteiger partial charge in [-0.2, -0.15) is 5.26 Å². The minimum Gasteiger partial charge on any atom is -0.494 e. The molecule has 23 heavy (non-hydrogen) atoms. The SMILES string of the molecule is COc1ccc(/C=C(\C#N)C(=O)N[C@H]2CCCC[C@H]2C)cc1F. The Labute approximate surface area is 135 Å². The van der Waals surface area contributed by atoms with Crippen molar-refractivity contribution in [3.8, 4) is 11.8 Å². The second-order valence-electron chi connectivity index (χ2n) is 5.91. The maximum Gasteiger partial charge on any atom is 0.262 e. The number of hydrogen-bond donors (Lipinski definition) is 1. The lowest BCUT2D eigenvalue weighted by atomic mass is 9.86. The normalized spacial score (nSPS) is 21.4. The second-order valence-corrected chi connectivity index (χ2v) is 5.91. The highest BCUT2D eigenvalue weighted by atomic mass is 19.1. The van der Waals surface area contributed by atoms with E-state index in [0.717, 1.165) is 19.3 Å². The van der Waals surface area contributed by atoms with Gasteiger partial charge in [0.05, 0.1) is 7.11 Å². The number of methoxy groups -OCH3 is 1. The number of amides is 1. The van der Waals surface area contributed by atoms with Gasteiger partial charge in [0.25, 0.3) is 5.91 Å². The highest BCUT2D eigenvalue weighted by Crippen LogP contribution is 2.24.